The Bertz CT molecular complexity index is 650. The molecule has 8 heteroatoms. The molecule has 90 valence electrons. The molecule has 2 rings (SSSR count). The van der Waals surface area contributed by atoms with Gasteiger partial charge in [-0.3, -0.25) is 4.79 Å². The van der Waals surface area contributed by atoms with Crippen LogP contribution in [0, 0.1) is 0 Å². The third-order valence-corrected chi connectivity index (χ3v) is 2.76. The zero-order valence-corrected chi connectivity index (χ0v) is 10.0. The van der Waals surface area contributed by atoms with Gasteiger partial charge in [-0.05, 0) is 22.0 Å². The number of aryl methyl sites for hydroxylation is 1. The van der Waals surface area contributed by atoms with Gasteiger partial charge in [-0.2, -0.15) is 13.2 Å². The Morgan fingerprint density at radius 2 is 2.06 bits per heavy atom. The van der Waals surface area contributed by atoms with Crippen LogP contribution in [0.2, 0.25) is 0 Å². The van der Waals surface area contributed by atoms with Crippen LogP contribution >= 0.6 is 15.9 Å². The van der Waals surface area contributed by atoms with Crippen molar-refractivity contribution < 1.29 is 13.2 Å². The highest BCUT2D eigenvalue weighted by Gasteiger charge is 2.34. The summed E-state index contributed by atoms with van der Waals surface area (Å²) in [4.78, 5) is 18.9. The van der Waals surface area contributed by atoms with Crippen molar-refractivity contribution in [1.82, 2.24) is 14.5 Å². The first-order valence-corrected chi connectivity index (χ1v) is 5.19. The van der Waals surface area contributed by atoms with Crippen LogP contribution in [0.15, 0.2) is 21.8 Å². The van der Waals surface area contributed by atoms with Crippen molar-refractivity contribution in [3.63, 3.8) is 0 Å². The van der Waals surface area contributed by atoms with Crippen molar-refractivity contribution in [2.45, 2.75) is 6.18 Å². The number of aromatic nitrogens is 3. The summed E-state index contributed by atoms with van der Waals surface area (Å²) < 4.78 is 38.5. The van der Waals surface area contributed by atoms with E-state index in [2.05, 4.69) is 25.9 Å². The maximum absolute atomic E-state index is 12.6. The molecule has 0 saturated heterocycles. The molecule has 0 bridgehead atoms. The number of halogens is 4. The molecule has 0 unspecified atom stereocenters. The molecule has 0 aromatic carbocycles. The first-order chi connectivity index (χ1) is 7.80. The normalized spacial score (nSPS) is 12.1. The van der Waals surface area contributed by atoms with Gasteiger partial charge in [0, 0.05) is 7.05 Å². The van der Waals surface area contributed by atoms with Gasteiger partial charge >= 0.3 is 6.18 Å². The summed E-state index contributed by atoms with van der Waals surface area (Å²) in [6.07, 6.45) is -3.39. The van der Waals surface area contributed by atoms with Crippen molar-refractivity contribution in [2.75, 3.05) is 0 Å². The van der Waals surface area contributed by atoms with Gasteiger partial charge in [0.15, 0.2) is 5.52 Å². The minimum absolute atomic E-state index is 0.0800. The van der Waals surface area contributed by atoms with E-state index in [1.54, 1.807) is 0 Å². The lowest BCUT2D eigenvalue weighted by Gasteiger charge is -2.09. The van der Waals surface area contributed by atoms with Gasteiger partial charge in [0.25, 0.3) is 5.56 Å². The van der Waals surface area contributed by atoms with Gasteiger partial charge in [0.1, 0.15) is 4.60 Å². The molecular formula is C9H5BrF3N3O. The third kappa shape index (κ3) is 2.04. The zero-order valence-electron chi connectivity index (χ0n) is 8.42. The summed E-state index contributed by atoms with van der Waals surface area (Å²) >= 11 is 2.70. The lowest BCUT2D eigenvalue weighted by Crippen LogP contribution is -2.19. The molecule has 0 aliphatic heterocycles. The summed E-state index contributed by atoms with van der Waals surface area (Å²) in [5.41, 5.74) is -1.63. The maximum atomic E-state index is 12.6. The first-order valence-electron chi connectivity index (χ1n) is 4.40. The number of hydrogen-bond donors (Lipinski definition) is 0. The Balaban J connectivity index is 2.85. The second kappa shape index (κ2) is 3.80. The molecule has 0 radical (unpaired) electrons. The van der Waals surface area contributed by atoms with Crippen molar-refractivity contribution in [1.29, 1.82) is 0 Å². The number of hydrogen-bond acceptors (Lipinski definition) is 3. The van der Waals surface area contributed by atoms with E-state index in [1.807, 2.05) is 0 Å². The molecule has 0 amide bonds. The lowest BCUT2D eigenvalue weighted by atomic mass is 10.2. The summed E-state index contributed by atoms with van der Waals surface area (Å²) in [5.74, 6) is 0. The van der Waals surface area contributed by atoms with E-state index in [9.17, 15) is 18.0 Å². The third-order valence-electron chi connectivity index (χ3n) is 2.15. The number of pyridine rings is 1. The van der Waals surface area contributed by atoms with Crippen LogP contribution < -0.4 is 5.56 Å². The van der Waals surface area contributed by atoms with Crippen LogP contribution in [-0.4, -0.2) is 14.5 Å². The van der Waals surface area contributed by atoms with Crippen LogP contribution in [0.1, 0.15) is 5.56 Å². The average molecular weight is 308 g/mol. The molecule has 0 saturated carbocycles. The quantitative estimate of drug-likeness (QED) is 0.700. The molecule has 2 aromatic heterocycles. The predicted octanol–water partition coefficient (Wildman–Crippen LogP) is 2.11. The standard InChI is InChI=1S/C9H5BrF3N3O/c1-16-3-14-5-2-4(9(11,12)13)7(10)15-6(5)8(16)17/h2-3H,1H3. The van der Waals surface area contributed by atoms with Gasteiger partial charge < -0.3 is 4.57 Å². The second-order valence-electron chi connectivity index (χ2n) is 3.35. The van der Waals surface area contributed by atoms with Gasteiger partial charge in [0.05, 0.1) is 17.4 Å². The fourth-order valence-corrected chi connectivity index (χ4v) is 1.82. The Morgan fingerprint density at radius 1 is 1.41 bits per heavy atom. The lowest BCUT2D eigenvalue weighted by molar-refractivity contribution is -0.138. The zero-order chi connectivity index (χ0) is 12.8. The maximum Gasteiger partial charge on any atom is 0.419 e. The fraction of sp³-hybridized carbons (Fsp3) is 0.222. The molecule has 17 heavy (non-hydrogen) atoms. The van der Waals surface area contributed by atoms with E-state index in [0.29, 0.717) is 0 Å². The molecule has 4 nitrogen and oxygen atoms in total. The monoisotopic (exact) mass is 307 g/mol. The highest BCUT2D eigenvalue weighted by Crippen LogP contribution is 2.34. The van der Waals surface area contributed by atoms with E-state index < -0.39 is 21.9 Å². The van der Waals surface area contributed by atoms with Crippen LogP contribution in [0.5, 0.6) is 0 Å². The predicted molar refractivity (Wildman–Crippen MR) is 57.5 cm³/mol. The van der Waals surface area contributed by atoms with Crippen LogP contribution in [0.3, 0.4) is 0 Å². The largest absolute Gasteiger partial charge is 0.419 e. The van der Waals surface area contributed by atoms with Gasteiger partial charge in [-0.1, -0.05) is 0 Å². The van der Waals surface area contributed by atoms with Crippen molar-refractivity contribution in [3.05, 3.63) is 32.9 Å². The number of alkyl halides is 3. The Labute approximate surface area is 101 Å². The van der Waals surface area contributed by atoms with Crippen molar-refractivity contribution in [3.8, 4) is 0 Å². The molecule has 0 aliphatic rings. The summed E-state index contributed by atoms with van der Waals surface area (Å²) in [5, 5.41) is 0. The van der Waals surface area contributed by atoms with E-state index in [-0.39, 0.29) is 11.0 Å². The van der Waals surface area contributed by atoms with Crippen molar-refractivity contribution in [2.24, 2.45) is 7.05 Å². The second-order valence-corrected chi connectivity index (χ2v) is 4.10. The SMILES string of the molecule is Cn1cnc2cc(C(F)(F)F)c(Br)nc2c1=O. The molecule has 0 N–H and O–H groups in total. The van der Waals surface area contributed by atoms with E-state index in [0.717, 1.165) is 17.0 Å². The molecule has 0 aliphatic carbocycles. The minimum atomic E-state index is -4.54. The molecular weight excluding hydrogens is 303 g/mol. The minimum Gasteiger partial charge on any atom is -0.301 e. The van der Waals surface area contributed by atoms with Crippen LogP contribution in [0.25, 0.3) is 11.0 Å². The van der Waals surface area contributed by atoms with Crippen LogP contribution in [-0.2, 0) is 13.2 Å². The first kappa shape index (κ1) is 12.0. The Kier molecular flexibility index (Phi) is 2.69. The fourth-order valence-electron chi connectivity index (χ4n) is 1.30. The average Bonchev–Trinajstić information content (AvgIpc) is 2.22. The molecule has 0 spiro atoms. The molecule has 2 aromatic rings. The molecule has 0 fully saturated rings. The Hall–Kier alpha value is -1.44. The number of nitrogens with zero attached hydrogens (tertiary/aromatic N) is 3. The number of fused-ring (bicyclic) bond motifs is 1. The molecule has 0 atom stereocenters. The highest BCUT2D eigenvalue weighted by molar-refractivity contribution is 9.10. The van der Waals surface area contributed by atoms with E-state index in [4.69, 9.17) is 0 Å². The highest BCUT2D eigenvalue weighted by atomic mass is 79.9. The van der Waals surface area contributed by atoms with Gasteiger partial charge in [-0.25, -0.2) is 9.97 Å². The Morgan fingerprint density at radius 3 is 2.65 bits per heavy atom. The number of rotatable bonds is 0. The smallest absolute Gasteiger partial charge is 0.301 e. The summed E-state index contributed by atoms with van der Waals surface area (Å²) in [7, 11) is 1.45. The van der Waals surface area contributed by atoms with Crippen LogP contribution in [0.4, 0.5) is 13.2 Å². The van der Waals surface area contributed by atoms with E-state index in [1.165, 1.54) is 7.05 Å². The summed E-state index contributed by atoms with van der Waals surface area (Å²) in [6, 6.07) is 0.799. The van der Waals surface area contributed by atoms with Gasteiger partial charge in [-0.15, -0.1) is 0 Å². The van der Waals surface area contributed by atoms with E-state index >= 15 is 0 Å². The molecule has 2 heterocycles. The van der Waals surface area contributed by atoms with Gasteiger partial charge in [0.2, 0.25) is 0 Å². The topological polar surface area (TPSA) is 47.8 Å². The summed E-state index contributed by atoms with van der Waals surface area (Å²) in [6.45, 7) is 0. The van der Waals surface area contributed by atoms with Crippen molar-refractivity contribution >= 4 is 27.0 Å².